The first-order valence-corrected chi connectivity index (χ1v) is 7.06. The van der Waals surface area contributed by atoms with E-state index in [4.69, 9.17) is 16.3 Å². The van der Waals surface area contributed by atoms with Crippen LogP contribution in [-0.4, -0.2) is 12.1 Å². The van der Waals surface area contributed by atoms with E-state index in [2.05, 4.69) is 28.5 Å². The van der Waals surface area contributed by atoms with Gasteiger partial charge >= 0.3 is 0 Å². The molecule has 0 spiro atoms. The Morgan fingerprint density at radius 2 is 2.00 bits per heavy atom. The summed E-state index contributed by atoms with van der Waals surface area (Å²) in [6.07, 6.45) is 1.81. The molecule has 0 amide bonds. The number of halogens is 1. The predicted molar refractivity (Wildman–Crippen MR) is 87.1 cm³/mol. The maximum Gasteiger partial charge on any atom is 0.121 e. The second-order valence-electron chi connectivity index (χ2n) is 4.69. The van der Waals surface area contributed by atoms with Crippen LogP contribution in [0.2, 0.25) is 5.02 Å². The molecule has 0 saturated heterocycles. The van der Waals surface area contributed by atoms with Gasteiger partial charge in [-0.15, -0.1) is 0 Å². The summed E-state index contributed by atoms with van der Waals surface area (Å²) in [5.74, 6) is 0.776. The monoisotopic (exact) mass is 298 g/mol. The van der Waals surface area contributed by atoms with Gasteiger partial charge in [0.2, 0.25) is 0 Å². The zero-order valence-corrected chi connectivity index (χ0v) is 12.4. The highest BCUT2D eigenvalue weighted by atomic mass is 35.5. The van der Waals surface area contributed by atoms with E-state index in [1.165, 1.54) is 0 Å². The lowest BCUT2D eigenvalue weighted by atomic mass is 10.1. The average molecular weight is 299 g/mol. The van der Waals surface area contributed by atoms with Gasteiger partial charge in [-0.25, -0.2) is 0 Å². The summed E-state index contributed by atoms with van der Waals surface area (Å²) in [5, 5.41) is 5.15. The Morgan fingerprint density at radius 1 is 1.14 bits per heavy atom. The average Bonchev–Trinajstić information content (AvgIpc) is 2.54. The van der Waals surface area contributed by atoms with Gasteiger partial charge in [0.15, 0.2) is 0 Å². The first-order chi connectivity index (χ1) is 10.3. The minimum absolute atomic E-state index is 0.654. The van der Waals surface area contributed by atoms with Crippen LogP contribution < -0.4 is 10.1 Å². The third kappa shape index (κ3) is 2.93. The number of nitrogens with zero attached hydrogens (tertiary/aromatic N) is 1. The first kappa shape index (κ1) is 13.7. The molecule has 0 radical (unpaired) electrons. The van der Waals surface area contributed by atoms with E-state index in [9.17, 15) is 0 Å². The van der Waals surface area contributed by atoms with Gasteiger partial charge in [0.25, 0.3) is 0 Å². The first-order valence-electron chi connectivity index (χ1n) is 6.68. The molecule has 2 aromatic carbocycles. The maximum absolute atomic E-state index is 6.20. The third-order valence-corrected chi connectivity index (χ3v) is 3.69. The zero-order chi connectivity index (χ0) is 14.7. The Bertz CT molecular complexity index is 768. The van der Waals surface area contributed by atoms with Crippen molar-refractivity contribution in [3.8, 4) is 5.75 Å². The van der Waals surface area contributed by atoms with Gasteiger partial charge in [0.1, 0.15) is 5.75 Å². The number of fused-ring (bicyclic) bond motifs is 1. The van der Waals surface area contributed by atoms with Crippen molar-refractivity contribution in [1.82, 2.24) is 4.98 Å². The summed E-state index contributed by atoms with van der Waals surface area (Å²) >= 11 is 6.20. The van der Waals surface area contributed by atoms with Gasteiger partial charge in [-0.2, -0.15) is 0 Å². The van der Waals surface area contributed by atoms with Crippen LogP contribution in [0.1, 0.15) is 5.56 Å². The van der Waals surface area contributed by atoms with Gasteiger partial charge < -0.3 is 10.1 Å². The van der Waals surface area contributed by atoms with Crippen molar-refractivity contribution in [3.63, 3.8) is 0 Å². The van der Waals surface area contributed by atoms with Crippen LogP contribution in [0.25, 0.3) is 10.9 Å². The highest BCUT2D eigenvalue weighted by Crippen LogP contribution is 2.27. The molecule has 3 aromatic rings. The number of benzene rings is 2. The molecule has 0 fully saturated rings. The van der Waals surface area contributed by atoms with E-state index in [1.807, 2.05) is 36.5 Å². The second kappa shape index (κ2) is 6.02. The van der Waals surface area contributed by atoms with Crippen LogP contribution in [0.15, 0.2) is 54.7 Å². The molecule has 106 valence electrons. The van der Waals surface area contributed by atoms with E-state index in [1.54, 1.807) is 7.11 Å². The number of methoxy groups -OCH3 is 1. The predicted octanol–water partition coefficient (Wildman–Crippen LogP) is 4.51. The van der Waals surface area contributed by atoms with E-state index >= 15 is 0 Å². The molecule has 21 heavy (non-hydrogen) atoms. The fourth-order valence-electron chi connectivity index (χ4n) is 2.27. The van der Waals surface area contributed by atoms with Crippen molar-refractivity contribution in [2.45, 2.75) is 6.54 Å². The summed E-state index contributed by atoms with van der Waals surface area (Å²) in [7, 11) is 1.64. The van der Waals surface area contributed by atoms with Gasteiger partial charge in [-0.1, -0.05) is 35.9 Å². The molecule has 1 aromatic heterocycles. The highest BCUT2D eigenvalue weighted by Gasteiger charge is 2.05. The Morgan fingerprint density at radius 3 is 2.86 bits per heavy atom. The lowest BCUT2D eigenvalue weighted by Gasteiger charge is -2.11. The smallest absolute Gasteiger partial charge is 0.121 e. The second-order valence-corrected chi connectivity index (χ2v) is 5.10. The Balaban J connectivity index is 1.87. The lowest BCUT2D eigenvalue weighted by molar-refractivity contribution is 0.415. The number of ether oxygens (including phenoxy) is 1. The van der Waals surface area contributed by atoms with Crippen molar-refractivity contribution < 1.29 is 4.74 Å². The fraction of sp³-hybridized carbons (Fsp3) is 0.118. The summed E-state index contributed by atoms with van der Waals surface area (Å²) in [6, 6.07) is 15.7. The molecule has 0 unspecified atom stereocenters. The van der Waals surface area contributed by atoms with E-state index in [-0.39, 0.29) is 0 Å². The quantitative estimate of drug-likeness (QED) is 0.769. The number of hydrogen-bond donors (Lipinski definition) is 1. The van der Waals surface area contributed by atoms with E-state index in [0.717, 1.165) is 27.9 Å². The van der Waals surface area contributed by atoms with Gasteiger partial charge in [-0.05, 0) is 23.8 Å². The van der Waals surface area contributed by atoms with Gasteiger partial charge in [0.05, 0.1) is 23.3 Å². The number of aromatic nitrogens is 1. The molecule has 3 nitrogen and oxygen atoms in total. The van der Waals surface area contributed by atoms with Crippen molar-refractivity contribution >= 4 is 28.2 Å². The number of para-hydroxylation sites is 1. The summed E-state index contributed by atoms with van der Waals surface area (Å²) in [6.45, 7) is 0.654. The molecular weight excluding hydrogens is 284 g/mol. The van der Waals surface area contributed by atoms with Crippen LogP contribution in [0.5, 0.6) is 5.75 Å². The molecule has 0 atom stereocenters. The molecule has 0 aliphatic carbocycles. The number of hydrogen-bond acceptors (Lipinski definition) is 3. The minimum Gasteiger partial charge on any atom is -0.497 e. The van der Waals surface area contributed by atoms with E-state index < -0.39 is 0 Å². The largest absolute Gasteiger partial charge is 0.497 e. The molecule has 3 rings (SSSR count). The standard InChI is InChI=1S/C17H15ClN2O/c1-21-14-7-8-15(18)16(10-14)20-11-13-5-2-4-12-6-3-9-19-17(12)13/h2-10,20H,11H2,1H3. The van der Waals surface area contributed by atoms with Crippen LogP contribution in [-0.2, 0) is 6.54 Å². The fourth-order valence-corrected chi connectivity index (χ4v) is 2.45. The Kier molecular flexibility index (Phi) is 3.93. The van der Waals surface area contributed by atoms with Crippen LogP contribution in [0.4, 0.5) is 5.69 Å². The maximum atomic E-state index is 6.20. The zero-order valence-electron chi connectivity index (χ0n) is 11.6. The van der Waals surface area contributed by atoms with Crippen molar-refractivity contribution in [2.75, 3.05) is 12.4 Å². The third-order valence-electron chi connectivity index (χ3n) is 3.36. The molecule has 0 saturated carbocycles. The van der Waals surface area contributed by atoms with Crippen LogP contribution in [0.3, 0.4) is 0 Å². The minimum atomic E-state index is 0.654. The lowest BCUT2D eigenvalue weighted by Crippen LogP contribution is -2.01. The van der Waals surface area contributed by atoms with Crippen LogP contribution >= 0.6 is 11.6 Å². The normalized spacial score (nSPS) is 10.6. The highest BCUT2D eigenvalue weighted by molar-refractivity contribution is 6.33. The van der Waals surface area contributed by atoms with Crippen molar-refractivity contribution in [3.05, 3.63) is 65.3 Å². The summed E-state index contributed by atoms with van der Waals surface area (Å²) in [4.78, 5) is 4.45. The molecule has 1 heterocycles. The Labute approximate surface area is 128 Å². The molecular formula is C17H15ClN2O. The molecule has 1 N–H and O–H groups in total. The van der Waals surface area contributed by atoms with Crippen molar-refractivity contribution in [2.24, 2.45) is 0 Å². The number of rotatable bonds is 4. The number of pyridine rings is 1. The molecule has 4 heteroatoms. The van der Waals surface area contributed by atoms with Crippen molar-refractivity contribution in [1.29, 1.82) is 0 Å². The summed E-state index contributed by atoms with van der Waals surface area (Å²) < 4.78 is 5.22. The summed E-state index contributed by atoms with van der Waals surface area (Å²) in [5.41, 5.74) is 2.99. The van der Waals surface area contributed by atoms with E-state index in [0.29, 0.717) is 11.6 Å². The van der Waals surface area contributed by atoms with Gasteiger partial charge in [0, 0.05) is 24.2 Å². The van der Waals surface area contributed by atoms with Gasteiger partial charge in [-0.3, -0.25) is 4.98 Å². The molecule has 0 aliphatic rings. The number of nitrogens with one attached hydrogen (secondary N) is 1. The van der Waals surface area contributed by atoms with Crippen LogP contribution in [0, 0.1) is 0 Å². The molecule has 0 bridgehead atoms. The number of anilines is 1. The molecule has 0 aliphatic heterocycles. The topological polar surface area (TPSA) is 34.1 Å². The Hall–Kier alpha value is -2.26. The SMILES string of the molecule is COc1ccc(Cl)c(NCc2cccc3cccnc23)c1.